The van der Waals surface area contributed by atoms with E-state index in [-0.39, 0.29) is 78.7 Å². The Kier molecular flexibility index (Phi) is 9.87. The van der Waals surface area contributed by atoms with Crippen LogP contribution in [0.3, 0.4) is 0 Å². The van der Waals surface area contributed by atoms with Gasteiger partial charge in [0.05, 0.1) is 25.7 Å². The molecule has 1 fully saturated rings. The first-order valence-corrected chi connectivity index (χ1v) is 6.30. The topological polar surface area (TPSA) is 126 Å². The van der Waals surface area contributed by atoms with E-state index in [0.29, 0.717) is 10.6 Å². The van der Waals surface area contributed by atoms with Crippen LogP contribution in [-0.2, 0) is 16.0 Å². The third-order valence-electron chi connectivity index (χ3n) is 3.18. The molecule has 10 heteroatoms. The summed E-state index contributed by atoms with van der Waals surface area (Å²) >= 11 is 0. The molecule has 1 aromatic rings. The number of pyridine rings is 1. The molecule has 114 valence electrons. The summed E-state index contributed by atoms with van der Waals surface area (Å²) in [7, 11) is 0. The van der Waals surface area contributed by atoms with Crippen molar-refractivity contribution in [3.63, 3.8) is 0 Å². The van der Waals surface area contributed by atoms with Crippen LogP contribution in [0.5, 0.6) is 0 Å². The van der Waals surface area contributed by atoms with Gasteiger partial charge in [-0.05, 0) is 12.1 Å². The number of carboxylic acid groups (broad SMARTS) is 2. The van der Waals surface area contributed by atoms with Gasteiger partial charge in [-0.15, -0.1) is 0 Å². The number of hydrogen-bond acceptors (Lipinski definition) is 7. The van der Waals surface area contributed by atoms with Crippen LogP contribution in [0, 0.1) is 0 Å². The summed E-state index contributed by atoms with van der Waals surface area (Å²) in [4.78, 5) is 26.7. The van der Waals surface area contributed by atoms with Gasteiger partial charge >= 0.3 is 59.1 Å². The van der Waals surface area contributed by atoms with Crippen molar-refractivity contribution in [3.8, 4) is 0 Å². The molecule has 0 spiro atoms. The van der Waals surface area contributed by atoms with E-state index in [1.165, 1.54) is 6.20 Å². The fraction of sp³-hybridized carbons (Fsp3) is 0.462. The number of aromatic nitrogens is 1. The Morgan fingerprint density at radius 1 is 1.39 bits per heavy atom. The Hall–Kier alpha value is -0.190. The summed E-state index contributed by atoms with van der Waals surface area (Å²) in [6, 6.07) is 5.10. The molecule has 1 aliphatic rings. The van der Waals surface area contributed by atoms with Gasteiger partial charge in [0.25, 0.3) is 0 Å². The standard InChI is InChI=1S/C13H16N2O6.2Na/c16-11(17)10-6-15(12(18)19)7-13(20,8-21-10)5-9-3-1-2-4-14-9;;/h1-4,10,20H,5-8H2,(H,16,17)(H,18,19);;/q;2*+1/p-2/t10-,13?;;/m0../s1. The summed E-state index contributed by atoms with van der Waals surface area (Å²) in [5.74, 6) is -1.54. The van der Waals surface area contributed by atoms with E-state index in [4.69, 9.17) is 4.74 Å². The normalized spacial score (nSPS) is 23.9. The van der Waals surface area contributed by atoms with Gasteiger partial charge in [0.2, 0.25) is 0 Å². The van der Waals surface area contributed by atoms with Crippen molar-refractivity contribution >= 4 is 12.1 Å². The first-order chi connectivity index (χ1) is 9.89. The van der Waals surface area contributed by atoms with Gasteiger partial charge in [-0.2, -0.15) is 0 Å². The van der Waals surface area contributed by atoms with Crippen LogP contribution in [0.2, 0.25) is 0 Å². The molecule has 0 saturated carbocycles. The van der Waals surface area contributed by atoms with Crippen molar-refractivity contribution in [1.29, 1.82) is 0 Å². The van der Waals surface area contributed by atoms with E-state index in [9.17, 15) is 24.9 Å². The van der Waals surface area contributed by atoms with Crippen LogP contribution in [0.25, 0.3) is 0 Å². The van der Waals surface area contributed by atoms with E-state index in [0.717, 1.165) is 0 Å². The molecule has 1 amide bonds. The van der Waals surface area contributed by atoms with E-state index in [1.54, 1.807) is 18.2 Å². The van der Waals surface area contributed by atoms with Crippen molar-refractivity contribution in [2.45, 2.75) is 18.1 Å². The quantitative estimate of drug-likeness (QED) is 0.542. The predicted octanol–water partition coefficient (Wildman–Crippen LogP) is -8.84. The van der Waals surface area contributed by atoms with Crippen molar-refractivity contribution < 1.29 is 88.8 Å². The van der Waals surface area contributed by atoms with Crippen molar-refractivity contribution in [1.82, 2.24) is 9.88 Å². The summed E-state index contributed by atoms with van der Waals surface area (Å²) in [5, 5.41) is 32.4. The summed E-state index contributed by atoms with van der Waals surface area (Å²) in [5.41, 5.74) is -1.05. The second-order valence-electron chi connectivity index (χ2n) is 4.99. The minimum atomic E-state index is -1.58. The molecule has 2 heterocycles. The van der Waals surface area contributed by atoms with Crippen LogP contribution in [-0.4, -0.2) is 58.5 Å². The molecule has 1 unspecified atom stereocenters. The minimum absolute atomic E-state index is 0. The molecule has 0 radical (unpaired) electrons. The second-order valence-corrected chi connectivity index (χ2v) is 4.99. The number of rotatable bonds is 3. The molecule has 2 atom stereocenters. The molecule has 1 N–H and O–H groups in total. The molecule has 1 aliphatic heterocycles. The Balaban J connectivity index is 0.00000242. The molecule has 2 rings (SSSR count). The van der Waals surface area contributed by atoms with Crippen molar-refractivity contribution in [2.24, 2.45) is 0 Å². The molecule has 1 saturated heterocycles. The van der Waals surface area contributed by atoms with Crippen LogP contribution >= 0.6 is 0 Å². The van der Waals surface area contributed by atoms with Gasteiger partial charge < -0.3 is 34.5 Å². The summed E-state index contributed by atoms with van der Waals surface area (Å²) in [6.07, 6.45) is -1.46. The van der Waals surface area contributed by atoms with Crippen LogP contribution in [0.1, 0.15) is 5.69 Å². The summed E-state index contributed by atoms with van der Waals surface area (Å²) < 4.78 is 5.06. The number of carboxylic acids is 1. The molecule has 0 aromatic carbocycles. The first kappa shape index (κ1) is 22.8. The maximum Gasteiger partial charge on any atom is 1.00 e. The van der Waals surface area contributed by atoms with E-state index in [2.05, 4.69) is 4.98 Å². The van der Waals surface area contributed by atoms with Crippen molar-refractivity contribution in [3.05, 3.63) is 30.1 Å². The van der Waals surface area contributed by atoms with E-state index < -0.39 is 30.3 Å². The number of ether oxygens (including phenoxy) is 1. The van der Waals surface area contributed by atoms with Crippen LogP contribution < -0.4 is 69.3 Å². The third-order valence-corrected chi connectivity index (χ3v) is 3.18. The molecule has 8 nitrogen and oxygen atoms in total. The fourth-order valence-electron chi connectivity index (χ4n) is 2.20. The SMILES string of the molecule is O=C([O-])[C@@H]1CN(C(=O)[O-])CC(O)(Cc2ccccn2)CO1.[Na+].[Na+]. The number of amides is 1. The third kappa shape index (κ3) is 6.67. The number of β-amino-alcohol motifs (C(OH)–C–C–N with tert-alkyl or cyclic N) is 1. The van der Waals surface area contributed by atoms with Gasteiger partial charge in [-0.25, -0.2) is 0 Å². The van der Waals surface area contributed by atoms with Crippen LogP contribution in [0.4, 0.5) is 4.79 Å². The monoisotopic (exact) mass is 340 g/mol. The zero-order valence-corrected chi connectivity index (χ0v) is 17.1. The first-order valence-electron chi connectivity index (χ1n) is 6.30. The fourth-order valence-corrected chi connectivity index (χ4v) is 2.20. The van der Waals surface area contributed by atoms with Gasteiger partial charge in [0.15, 0.2) is 0 Å². The largest absolute Gasteiger partial charge is 1.00 e. The van der Waals surface area contributed by atoms with Gasteiger partial charge in [-0.3, -0.25) is 4.98 Å². The Morgan fingerprint density at radius 3 is 2.61 bits per heavy atom. The maximum atomic E-state index is 11.0. The summed E-state index contributed by atoms with van der Waals surface area (Å²) in [6.45, 7) is -1.11. The molecule has 0 aliphatic carbocycles. The molecule has 1 aromatic heterocycles. The molecule has 23 heavy (non-hydrogen) atoms. The average molecular weight is 340 g/mol. The number of carbonyl (C=O) groups is 2. The number of aliphatic hydroxyl groups is 1. The number of nitrogens with zero attached hydrogens (tertiary/aromatic N) is 2. The van der Waals surface area contributed by atoms with Crippen LogP contribution in [0.15, 0.2) is 24.4 Å². The second kappa shape index (κ2) is 9.95. The minimum Gasteiger partial charge on any atom is -0.547 e. The van der Waals surface area contributed by atoms with Gasteiger partial charge in [-0.1, -0.05) is 6.07 Å². The average Bonchev–Trinajstić information content (AvgIpc) is 2.59. The van der Waals surface area contributed by atoms with E-state index in [1.807, 2.05) is 0 Å². The zero-order valence-electron chi connectivity index (χ0n) is 13.1. The number of hydrogen-bond donors (Lipinski definition) is 1. The maximum absolute atomic E-state index is 11.0. The molecule has 0 bridgehead atoms. The Labute approximate surface area is 177 Å². The zero-order chi connectivity index (χ0) is 15.5. The Morgan fingerprint density at radius 2 is 2.09 bits per heavy atom. The number of carbonyl (C=O) groups excluding carboxylic acids is 2. The van der Waals surface area contributed by atoms with Crippen molar-refractivity contribution in [2.75, 3.05) is 19.7 Å². The smallest absolute Gasteiger partial charge is 0.547 e. The van der Waals surface area contributed by atoms with Gasteiger partial charge in [0, 0.05) is 18.3 Å². The number of aliphatic carboxylic acids is 1. The Bertz CT molecular complexity index is 532. The van der Waals surface area contributed by atoms with E-state index >= 15 is 0 Å². The predicted molar refractivity (Wildman–Crippen MR) is 64.6 cm³/mol. The molecular weight excluding hydrogens is 326 g/mol. The van der Waals surface area contributed by atoms with Gasteiger partial charge in [0.1, 0.15) is 17.8 Å². The molecular formula is C13H14N2Na2O6.